The van der Waals surface area contributed by atoms with E-state index >= 15 is 0 Å². The molecule has 1 fully saturated rings. The average Bonchev–Trinajstić information content (AvgIpc) is 2.90. The van der Waals surface area contributed by atoms with Gasteiger partial charge in [0.1, 0.15) is 4.75 Å². The lowest BCUT2D eigenvalue weighted by molar-refractivity contribution is -0.137. The van der Waals surface area contributed by atoms with E-state index in [1.807, 2.05) is 18.2 Å². The van der Waals surface area contributed by atoms with Gasteiger partial charge in [0.05, 0.1) is 5.02 Å². The Balaban J connectivity index is 2.19. The lowest BCUT2D eigenvalue weighted by Crippen LogP contribution is -2.17. The minimum absolute atomic E-state index is 0.606. The fraction of sp³-hybridized carbons (Fsp3) is 0.300. The summed E-state index contributed by atoms with van der Waals surface area (Å²) in [5.74, 6) is -0.734. The SMILES string of the molecule is O=C(O)C1(Sc2ccccc2Cl)CC1. The molecule has 0 amide bonds. The Labute approximate surface area is 91.3 Å². The largest absolute Gasteiger partial charge is 0.480 e. The molecule has 0 saturated heterocycles. The first kappa shape index (κ1) is 9.87. The highest BCUT2D eigenvalue weighted by atomic mass is 35.5. The molecular weight excluding hydrogens is 220 g/mol. The first-order valence-corrected chi connectivity index (χ1v) is 5.50. The summed E-state index contributed by atoms with van der Waals surface area (Å²) < 4.78 is -0.606. The van der Waals surface area contributed by atoms with Gasteiger partial charge in [-0.25, -0.2) is 0 Å². The van der Waals surface area contributed by atoms with Crippen molar-refractivity contribution in [2.75, 3.05) is 0 Å². The zero-order valence-corrected chi connectivity index (χ0v) is 8.94. The second-order valence-electron chi connectivity index (χ2n) is 3.33. The first-order valence-electron chi connectivity index (χ1n) is 4.31. The van der Waals surface area contributed by atoms with Crippen LogP contribution >= 0.6 is 23.4 Å². The Hall–Kier alpha value is -0.670. The van der Waals surface area contributed by atoms with Crippen LogP contribution in [0.5, 0.6) is 0 Å². The summed E-state index contributed by atoms with van der Waals surface area (Å²) in [7, 11) is 0. The van der Waals surface area contributed by atoms with Crippen LogP contribution < -0.4 is 0 Å². The van der Waals surface area contributed by atoms with Crippen LogP contribution in [0.1, 0.15) is 12.8 Å². The van der Waals surface area contributed by atoms with E-state index < -0.39 is 10.7 Å². The molecule has 1 N–H and O–H groups in total. The quantitative estimate of drug-likeness (QED) is 0.864. The number of hydrogen-bond acceptors (Lipinski definition) is 2. The van der Waals surface area contributed by atoms with Gasteiger partial charge in [0.25, 0.3) is 0 Å². The molecule has 14 heavy (non-hydrogen) atoms. The fourth-order valence-electron chi connectivity index (χ4n) is 1.21. The number of carboxylic acid groups (broad SMARTS) is 1. The summed E-state index contributed by atoms with van der Waals surface area (Å²) in [5, 5.41) is 9.62. The van der Waals surface area contributed by atoms with Gasteiger partial charge < -0.3 is 5.11 Å². The minimum atomic E-state index is -0.734. The molecule has 0 aliphatic heterocycles. The molecule has 1 aromatic carbocycles. The molecule has 2 rings (SSSR count). The van der Waals surface area contributed by atoms with Crippen LogP contribution in [0.15, 0.2) is 29.2 Å². The van der Waals surface area contributed by atoms with E-state index in [0.717, 1.165) is 17.7 Å². The summed E-state index contributed by atoms with van der Waals surface area (Å²) in [5.41, 5.74) is 0. The van der Waals surface area contributed by atoms with Gasteiger partial charge in [0.2, 0.25) is 0 Å². The van der Waals surface area contributed by atoms with E-state index in [-0.39, 0.29) is 0 Å². The minimum Gasteiger partial charge on any atom is -0.480 e. The van der Waals surface area contributed by atoms with Crippen molar-refractivity contribution in [2.24, 2.45) is 0 Å². The van der Waals surface area contributed by atoms with Gasteiger partial charge in [0.15, 0.2) is 0 Å². The van der Waals surface area contributed by atoms with Gasteiger partial charge in [-0.15, -0.1) is 11.8 Å². The van der Waals surface area contributed by atoms with Gasteiger partial charge in [-0.3, -0.25) is 4.79 Å². The smallest absolute Gasteiger partial charge is 0.320 e. The standard InChI is InChI=1S/C10H9ClO2S/c11-7-3-1-2-4-8(7)14-10(5-6-10)9(12)13/h1-4H,5-6H2,(H,12,13). The van der Waals surface area contributed by atoms with Crippen molar-refractivity contribution in [1.29, 1.82) is 0 Å². The number of carboxylic acids is 1. The van der Waals surface area contributed by atoms with Crippen molar-refractivity contribution < 1.29 is 9.90 Å². The Morgan fingerprint density at radius 2 is 2.07 bits per heavy atom. The molecular formula is C10H9ClO2S. The lowest BCUT2D eigenvalue weighted by atomic mass is 10.4. The van der Waals surface area contributed by atoms with Gasteiger partial charge in [-0.2, -0.15) is 0 Å². The second kappa shape index (κ2) is 3.48. The second-order valence-corrected chi connectivity index (χ2v) is 5.16. The van der Waals surface area contributed by atoms with Crippen LogP contribution in [0, 0.1) is 0 Å². The molecule has 1 aliphatic rings. The highest BCUT2D eigenvalue weighted by Gasteiger charge is 2.51. The molecule has 1 aromatic rings. The highest BCUT2D eigenvalue weighted by molar-refractivity contribution is 8.01. The molecule has 0 spiro atoms. The molecule has 0 unspecified atom stereocenters. The summed E-state index contributed by atoms with van der Waals surface area (Å²) in [6, 6.07) is 7.34. The van der Waals surface area contributed by atoms with E-state index in [0.29, 0.717) is 5.02 Å². The fourth-order valence-corrected chi connectivity index (χ4v) is 2.59. The summed E-state index contributed by atoms with van der Waals surface area (Å²) in [6.07, 6.45) is 1.47. The lowest BCUT2D eigenvalue weighted by Gasteiger charge is -2.09. The van der Waals surface area contributed by atoms with Crippen molar-refractivity contribution in [2.45, 2.75) is 22.5 Å². The van der Waals surface area contributed by atoms with Crippen LogP contribution in [0.4, 0.5) is 0 Å². The van der Waals surface area contributed by atoms with Crippen LogP contribution in [0.25, 0.3) is 0 Å². The predicted octanol–water partition coefficient (Wildman–Crippen LogP) is 3.05. The molecule has 1 saturated carbocycles. The van der Waals surface area contributed by atoms with Crippen molar-refractivity contribution in [3.63, 3.8) is 0 Å². The van der Waals surface area contributed by atoms with Crippen molar-refractivity contribution in [1.82, 2.24) is 0 Å². The molecule has 0 heterocycles. The molecule has 0 aromatic heterocycles. The van der Waals surface area contributed by atoms with Crippen LogP contribution in [-0.4, -0.2) is 15.8 Å². The monoisotopic (exact) mass is 228 g/mol. The van der Waals surface area contributed by atoms with Gasteiger partial charge in [-0.1, -0.05) is 23.7 Å². The third-order valence-corrected chi connectivity index (χ3v) is 4.23. The van der Waals surface area contributed by atoms with E-state index in [4.69, 9.17) is 16.7 Å². The van der Waals surface area contributed by atoms with Gasteiger partial charge >= 0.3 is 5.97 Å². The Kier molecular flexibility index (Phi) is 2.45. The predicted molar refractivity (Wildman–Crippen MR) is 56.9 cm³/mol. The average molecular weight is 229 g/mol. The zero-order valence-electron chi connectivity index (χ0n) is 7.37. The van der Waals surface area contributed by atoms with Crippen molar-refractivity contribution >= 4 is 29.3 Å². The number of carbonyl (C=O) groups is 1. The summed E-state index contributed by atoms with van der Waals surface area (Å²) >= 11 is 7.31. The third kappa shape index (κ3) is 1.74. The van der Waals surface area contributed by atoms with E-state index in [9.17, 15) is 4.79 Å². The Morgan fingerprint density at radius 3 is 2.57 bits per heavy atom. The maximum absolute atomic E-state index is 10.9. The molecule has 74 valence electrons. The Bertz CT molecular complexity index is 374. The van der Waals surface area contributed by atoms with Crippen molar-refractivity contribution in [3.05, 3.63) is 29.3 Å². The summed E-state index contributed by atoms with van der Waals surface area (Å²) in [4.78, 5) is 11.8. The van der Waals surface area contributed by atoms with E-state index in [2.05, 4.69) is 0 Å². The highest BCUT2D eigenvalue weighted by Crippen LogP contribution is 2.53. The number of thioether (sulfide) groups is 1. The van der Waals surface area contributed by atoms with E-state index in [1.54, 1.807) is 6.07 Å². The third-order valence-electron chi connectivity index (χ3n) is 2.24. The molecule has 2 nitrogen and oxygen atoms in total. The molecule has 4 heteroatoms. The number of aliphatic carboxylic acids is 1. The molecule has 0 radical (unpaired) electrons. The molecule has 0 bridgehead atoms. The van der Waals surface area contributed by atoms with Gasteiger partial charge in [-0.05, 0) is 25.0 Å². The topological polar surface area (TPSA) is 37.3 Å². The number of benzene rings is 1. The zero-order chi connectivity index (χ0) is 10.2. The van der Waals surface area contributed by atoms with Crippen LogP contribution in [0.3, 0.4) is 0 Å². The van der Waals surface area contributed by atoms with Crippen molar-refractivity contribution in [3.8, 4) is 0 Å². The van der Waals surface area contributed by atoms with Gasteiger partial charge in [0, 0.05) is 4.90 Å². The van der Waals surface area contributed by atoms with E-state index in [1.165, 1.54) is 11.8 Å². The number of rotatable bonds is 3. The number of halogens is 1. The summed E-state index contributed by atoms with van der Waals surface area (Å²) in [6.45, 7) is 0. The first-order chi connectivity index (χ1) is 6.64. The molecule has 0 atom stereocenters. The normalized spacial score (nSPS) is 17.8. The maximum atomic E-state index is 10.9. The maximum Gasteiger partial charge on any atom is 0.320 e. The van der Waals surface area contributed by atoms with Crippen LogP contribution in [-0.2, 0) is 4.79 Å². The Morgan fingerprint density at radius 1 is 1.43 bits per heavy atom. The molecule has 1 aliphatic carbocycles. The van der Waals surface area contributed by atoms with Crippen LogP contribution in [0.2, 0.25) is 5.02 Å². The number of hydrogen-bond donors (Lipinski definition) is 1.